The Morgan fingerprint density at radius 3 is 2.15 bits per heavy atom. The first kappa shape index (κ1) is 17.5. The number of unbranched alkanes of at least 4 members (excludes halogenated alkanes) is 1. The zero-order chi connectivity index (χ0) is 18.5. The molecule has 3 N–H and O–H groups in total. The summed E-state index contributed by atoms with van der Waals surface area (Å²) in [5.41, 5.74) is 6.02. The number of nitrogens with two attached hydrogens (primary N) is 1. The van der Waals surface area contributed by atoms with E-state index in [4.69, 9.17) is 12.2 Å². The third-order valence-corrected chi connectivity index (χ3v) is 4.46. The van der Waals surface area contributed by atoms with Gasteiger partial charge in [-0.05, 0) is 40.5 Å². The van der Waals surface area contributed by atoms with Crippen molar-refractivity contribution in [2.24, 2.45) is 5.73 Å². The number of carbonyl (C=O) groups is 2. The highest BCUT2D eigenvalue weighted by atomic mass is 16.2. The van der Waals surface area contributed by atoms with Crippen molar-refractivity contribution in [1.82, 2.24) is 5.32 Å². The van der Waals surface area contributed by atoms with Crippen LogP contribution in [0, 0.1) is 12.3 Å². The monoisotopic (exact) mass is 344 g/mol. The van der Waals surface area contributed by atoms with E-state index < -0.39 is 11.9 Å². The second-order valence-electron chi connectivity index (χ2n) is 6.22. The standard InChI is InChI=1S/C22H20N2O2/c1-2-3-4-13-19(21(23)25)24-22(26)20-17-11-7-5-9-15(17)14-16-10-6-8-12-18(16)20/h1,5-12,14,19H,3-4,13H2,(H2,23,25)(H,24,26)/t19-/m0/s1. The van der Waals surface area contributed by atoms with Crippen LogP contribution in [-0.2, 0) is 4.79 Å². The fourth-order valence-corrected chi connectivity index (χ4v) is 3.18. The lowest BCUT2D eigenvalue weighted by molar-refractivity contribution is -0.120. The van der Waals surface area contributed by atoms with Gasteiger partial charge in [-0.25, -0.2) is 0 Å². The highest BCUT2D eigenvalue weighted by Gasteiger charge is 2.21. The van der Waals surface area contributed by atoms with Crippen molar-refractivity contribution in [2.45, 2.75) is 25.3 Å². The minimum absolute atomic E-state index is 0.303. The van der Waals surface area contributed by atoms with E-state index in [0.717, 1.165) is 21.5 Å². The van der Waals surface area contributed by atoms with E-state index in [9.17, 15) is 9.59 Å². The van der Waals surface area contributed by atoms with Crippen molar-refractivity contribution in [3.63, 3.8) is 0 Å². The van der Waals surface area contributed by atoms with E-state index in [2.05, 4.69) is 17.3 Å². The molecule has 0 aliphatic carbocycles. The predicted octanol–water partition coefficient (Wildman–Crippen LogP) is 3.38. The average Bonchev–Trinajstić information content (AvgIpc) is 2.65. The van der Waals surface area contributed by atoms with Gasteiger partial charge >= 0.3 is 0 Å². The van der Waals surface area contributed by atoms with E-state index in [1.165, 1.54) is 0 Å². The maximum absolute atomic E-state index is 13.1. The van der Waals surface area contributed by atoms with Crippen LogP contribution >= 0.6 is 0 Å². The molecule has 130 valence electrons. The number of carbonyl (C=O) groups excluding carboxylic acids is 2. The van der Waals surface area contributed by atoms with Crippen LogP contribution in [-0.4, -0.2) is 17.9 Å². The minimum Gasteiger partial charge on any atom is -0.368 e. The fourth-order valence-electron chi connectivity index (χ4n) is 3.18. The zero-order valence-electron chi connectivity index (χ0n) is 14.4. The Bertz CT molecular complexity index is 963. The van der Waals surface area contributed by atoms with Gasteiger partial charge in [0, 0.05) is 6.42 Å². The maximum Gasteiger partial charge on any atom is 0.253 e. The number of nitrogens with one attached hydrogen (secondary N) is 1. The largest absolute Gasteiger partial charge is 0.368 e. The summed E-state index contributed by atoms with van der Waals surface area (Å²) in [6, 6.07) is 16.7. The molecule has 3 aromatic carbocycles. The topological polar surface area (TPSA) is 72.2 Å². The average molecular weight is 344 g/mol. The number of hydrogen-bond acceptors (Lipinski definition) is 2. The first-order valence-corrected chi connectivity index (χ1v) is 8.56. The van der Waals surface area contributed by atoms with Crippen molar-refractivity contribution < 1.29 is 9.59 Å². The fraction of sp³-hybridized carbons (Fsp3) is 0.182. The molecule has 1 atom stereocenters. The molecule has 3 rings (SSSR count). The van der Waals surface area contributed by atoms with Crippen LogP contribution < -0.4 is 11.1 Å². The van der Waals surface area contributed by atoms with Gasteiger partial charge in [-0.1, -0.05) is 48.5 Å². The van der Waals surface area contributed by atoms with Crippen LogP contribution in [0.3, 0.4) is 0 Å². The summed E-state index contributed by atoms with van der Waals surface area (Å²) in [6.45, 7) is 0. The highest BCUT2D eigenvalue weighted by Crippen LogP contribution is 2.28. The third kappa shape index (κ3) is 3.52. The molecule has 0 saturated carbocycles. The SMILES string of the molecule is C#CCCC[C@H](NC(=O)c1c2ccccc2cc2ccccc12)C(N)=O. The predicted molar refractivity (Wildman–Crippen MR) is 105 cm³/mol. The summed E-state index contributed by atoms with van der Waals surface area (Å²) >= 11 is 0. The molecule has 0 bridgehead atoms. The van der Waals surface area contributed by atoms with Crippen molar-refractivity contribution >= 4 is 33.4 Å². The molecule has 0 radical (unpaired) electrons. The Hall–Kier alpha value is -3.32. The van der Waals surface area contributed by atoms with E-state index in [0.29, 0.717) is 24.8 Å². The Kier molecular flexibility index (Phi) is 5.19. The van der Waals surface area contributed by atoms with Crippen LogP contribution in [0.15, 0.2) is 54.6 Å². The van der Waals surface area contributed by atoms with E-state index in [1.54, 1.807) is 0 Å². The summed E-state index contributed by atoms with van der Waals surface area (Å²) in [5, 5.41) is 6.42. The molecule has 0 aromatic heterocycles. The molecule has 2 amide bonds. The number of terminal acetylenes is 1. The summed E-state index contributed by atoms with van der Waals surface area (Å²) in [7, 11) is 0. The Morgan fingerprint density at radius 2 is 1.62 bits per heavy atom. The van der Waals surface area contributed by atoms with Crippen molar-refractivity contribution in [2.75, 3.05) is 0 Å². The van der Waals surface area contributed by atoms with E-state index in [-0.39, 0.29) is 5.91 Å². The van der Waals surface area contributed by atoms with Crippen LogP contribution in [0.25, 0.3) is 21.5 Å². The van der Waals surface area contributed by atoms with Crippen LogP contribution in [0.2, 0.25) is 0 Å². The van der Waals surface area contributed by atoms with Gasteiger partial charge in [0.15, 0.2) is 0 Å². The van der Waals surface area contributed by atoms with Gasteiger partial charge in [0.2, 0.25) is 5.91 Å². The number of primary amides is 1. The molecule has 3 aromatic rings. The van der Waals surface area contributed by atoms with Gasteiger partial charge in [-0.2, -0.15) is 0 Å². The Labute approximate surface area is 152 Å². The van der Waals surface area contributed by atoms with Crippen molar-refractivity contribution in [3.05, 3.63) is 60.2 Å². The molecule has 0 unspecified atom stereocenters. The molecule has 0 aliphatic rings. The highest BCUT2D eigenvalue weighted by molar-refractivity contribution is 6.18. The van der Waals surface area contributed by atoms with Gasteiger partial charge in [0.1, 0.15) is 6.04 Å². The first-order chi connectivity index (χ1) is 12.6. The zero-order valence-corrected chi connectivity index (χ0v) is 14.4. The lowest BCUT2D eigenvalue weighted by atomic mass is 9.96. The first-order valence-electron chi connectivity index (χ1n) is 8.56. The molecule has 0 fully saturated rings. The molecule has 0 spiro atoms. The molecule has 4 heteroatoms. The van der Waals surface area contributed by atoms with Crippen LogP contribution in [0.5, 0.6) is 0 Å². The number of amides is 2. The summed E-state index contributed by atoms with van der Waals surface area (Å²) in [5.74, 6) is 1.67. The summed E-state index contributed by atoms with van der Waals surface area (Å²) < 4.78 is 0. The molecule has 0 saturated heterocycles. The van der Waals surface area contributed by atoms with Crippen molar-refractivity contribution in [3.8, 4) is 12.3 Å². The quantitative estimate of drug-likeness (QED) is 0.409. The van der Waals surface area contributed by atoms with Gasteiger partial charge in [-0.3, -0.25) is 9.59 Å². The Morgan fingerprint density at radius 1 is 1.04 bits per heavy atom. The second-order valence-corrected chi connectivity index (χ2v) is 6.22. The molecule has 0 heterocycles. The molecular formula is C22H20N2O2. The molecule has 4 nitrogen and oxygen atoms in total. The number of benzene rings is 3. The smallest absolute Gasteiger partial charge is 0.253 e. The van der Waals surface area contributed by atoms with Crippen LogP contribution in [0.4, 0.5) is 0 Å². The third-order valence-electron chi connectivity index (χ3n) is 4.46. The van der Waals surface area contributed by atoms with E-state index >= 15 is 0 Å². The van der Waals surface area contributed by atoms with Gasteiger partial charge in [0.25, 0.3) is 5.91 Å². The van der Waals surface area contributed by atoms with Crippen molar-refractivity contribution in [1.29, 1.82) is 0 Å². The normalized spacial score (nSPS) is 11.8. The van der Waals surface area contributed by atoms with Gasteiger partial charge in [-0.15, -0.1) is 12.3 Å². The summed E-state index contributed by atoms with van der Waals surface area (Å²) in [6.07, 6.45) is 6.84. The molecule has 0 aliphatic heterocycles. The van der Waals surface area contributed by atoms with Gasteiger partial charge in [0.05, 0.1) is 5.56 Å². The minimum atomic E-state index is -0.742. The second kappa shape index (κ2) is 7.71. The summed E-state index contributed by atoms with van der Waals surface area (Å²) in [4.78, 5) is 24.8. The van der Waals surface area contributed by atoms with Gasteiger partial charge < -0.3 is 11.1 Å². The number of hydrogen-bond donors (Lipinski definition) is 2. The maximum atomic E-state index is 13.1. The lowest BCUT2D eigenvalue weighted by Crippen LogP contribution is -2.44. The molecule has 26 heavy (non-hydrogen) atoms. The number of rotatable bonds is 6. The van der Waals surface area contributed by atoms with E-state index in [1.807, 2.05) is 48.5 Å². The Balaban J connectivity index is 2.03. The van der Waals surface area contributed by atoms with Crippen LogP contribution in [0.1, 0.15) is 29.6 Å². The number of fused-ring (bicyclic) bond motifs is 2. The molecular weight excluding hydrogens is 324 g/mol. The lowest BCUT2D eigenvalue weighted by Gasteiger charge is -2.17.